The molecule has 1 amide bonds. The molecule has 0 aromatic carbocycles. The fourth-order valence-corrected chi connectivity index (χ4v) is 4.42. The predicted molar refractivity (Wildman–Crippen MR) is 83.8 cm³/mol. The molecule has 1 aromatic heterocycles. The third-order valence-electron chi connectivity index (χ3n) is 3.21. The number of thiophene rings is 1. The second kappa shape index (κ2) is 6.99. The van der Waals surface area contributed by atoms with Crippen LogP contribution in [0.1, 0.15) is 39.9 Å². The van der Waals surface area contributed by atoms with E-state index in [0.717, 1.165) is 24.3 Å². The van der Waals surface area contributed by atoms with E-state index in [0.29, 0.717) is 11.3 Å². The minimum absolute atomic E-state index is 0.0528. The second-order valence-electron chi connectivity index (χ2n) is 4.70. The van der Waals surface area contributed by atoms with Gasteiger partial charge in [-0.3, -0.25) is 4.79 Å². The summed E-state index contributed by atoms with van der Waals surface area (Å²) in [4.78, 5) is 14.3. The van der Waals surface area contributed by atoms with Crippen molar-refractivity contribution in [1.29, 1.82) is 0 Å². The number of amidine groups is 1. The first kappa shape index (κ1) is 15.2. The number of nitrogens with one attached hydrogen (secondary N) is 1. The van der Waals surface area contributed by atoms with Gasteiger partial charge in [-0.25, -0.2) is 0 Å². The molecule has 2 heterocycles. The van der Waals surface area contributed by atoms with Gasteiger partial charge in [0, 0.05) is 10.6 Å². The van der Waals surface area contributed by atoms with E-state index in [1.165, 1.54) is 10.4 Å². The molecule has 5 nitrogen and oxygen atoms in total. The zero-order valence-electron chi connectivity index (χ0n) is 11.4. The van der Waals surface area contributed by atoms with Gasteiger partial charge in [-0.05, 0) is 30.2 Å². The van der Waals surface area contributed by atoms with Crippen LogP contribution in [0.15, 0.2) is 11.2 Å². The van der Waals surface area contributed by atoms with Gasteiger partial charge in [0.05, 0.1) is 10.9 Å². The summed E-state index contributed by atoms with van der Waals surface area (Å²) in [6.07, 6.45) is 2.54. The first-order valence-corrected chi connectivity index (χ1v) is 8.60. The van der Waals surface area contributed by atoms with Crippen LogP contribution < -0.4 is 11.1 Å². The molecule has 7 heteroatoms. The fraction of sp³-hybridized carbons (Fsp3) is 0.538. The lowest BCUT2D eigenvalue weighted by atomic mass is 10.1. The minimum Gasteiger partial charge on any atom is -0.409 e. The van der Waals surface area contributed by atoms with Crippen LogP contribution in [0.25, 0.3) is 0 Å². The van der Waals surface area contributed by atoms with Crippen LogP contribution in [0, 0.1) is 0 Å². The molecule has 0 fully saturated rings. The highest BCUT2D eigenvalue weighted by Crippen LogP contribution is 2.31. The van der Waals surface area contributed by atoms with E-state index in [-0.39, 0.29) is 11.7 Å². The Kier molecular flexibility index (Phi) is 5.31. The Bertz CT molecular complexity index is 490. The number of rotatable bonds is 5. The van der Waals surface area contributed by atoms with Crippen molar-refractivity contribution in [2.24, 2.45) is 10.9 Å². The number of nitrogens with two attached hydrogens (primary N) is 1. The van der Waals surface area contributed by atoms with E-state index in [4.69, 9.17) is 10.9 Å². The Balaban J connectivity index is 2.08. The molecular formula is C13H19N3O2S2. The number of aryl methyl sites for hydroxylation is 1. The third kappa shape index (κ3) is 3.46. The summed E-state index contributed by atoms with van der Waals surface area (Å²) in [5.41, 5.74) is 6.88. The second-order valence-corrected chi connectivity index (χ2v) is 6.94. The van der Waals surface area contributed by atoms with Gasteiger partial charge in [0.1, 0.15) is 0 Å². The maximum atomic E-state index is 12.3. The quantitative estimate of drug-likeness (QED) is 0.336. The topological polar surface area (TPSA) is 87.7 Å². The number of oxime groups is 1. The number of thioether (sulfide) groups is 1. The van der Waals surface area contributed by atoms with E-state index in [1.807, 2.05) is 24.8 Å². The zero-order chi connectivity index (χ0) is 14.5. The summed E-state index contributed by atoms with van der Waals surface area (Å²) in [6, 6.07) is 1.56. The highest BCUT2D eigenvalue weighted by atomic mass is 32.2. The Morgan fingerprint density at radius 3 is 3.10 bits per heavy atom. The van der Waals surface area contributed by atoms with Gasteiger partial charge in [0.2, 0.25) is 0 Å². The molecule has 0 aliphatic carbocycles. The number of amides is 1. The first-order chi connectivity index (χ1) is 9.65. The van der Waals surface area contributed by atoms with E-state index >= 15 is 0 Å². The maximum absolute atomic E-state index is 12.3. The standard InChI is InChI=1S/C13H19N3O2S2/c1-2-3-9(12(14)16-18)15-13(17)11-6-8-7-19-5-4-10(8)20-11/h6,9,18H,2-5,7H2,1H3,(H2,14,16)(H,15,17). The predicted octanol–water partition coefficient (Wildman–Crippen LogP) is 2.18. The Labute approximate surface area is 126 Å². The summed E-state index contributed by atoms with van der Waals surface area (Å²) in [5, 5.41) is 14.6. The Morgan fingerprint density at radius 2 is 2.45 bits per heavy atom. The van der Waals surface area contributed by atoms with Crippen LogP contribution in [0.4, 0.5) is 0 Å². The lowest BCUT2D eigenvalue weighted by Crippen LogP contribution is -2.44. The van der Waals surface area contributed by atoms with Crippen molar-refractivity contribution in [3.8, 4) is 0 Å². The third-order valence-corrected chi connectivity index (χ3v) is 5.45. The summed E-state index contributed by atoms with van der Waals surface area (Å²) in [6.45, 7) is 1.99. The van der Waals surface area contributed by atoms with Crippen molar-refractivity contribution >= 4 is 34.8 Å². The van der Waals surface area contributed by atoms with Crippen molar-refractivity contribution in [1.82, 2.24) is 5.32 Å². The normalized spacial score (nSPS) is 16.6. The first-order valence-electron chi connectivity index (χ1n) is 6.63. The number of carbonyl (C=O) groups is 1. The highest BCUT2D eigenvalue weighted by Gasteiger charge is 2.21. The molecule has 0 spiro atoms. The van der Waals surface area contributed by atoms with Crippen LogP contribution >= 0.6 is 23.1 Å². The van der Waals surface area contributed by atoms with Crippen molar-refractivity contribution in [3.63, 3.8) is 0 Å². The number of hydrogen-bond acceptors (Lipinski definition) is 5. The highest BCUT2D eigenvalue weighted by molar-refractivity contribution is 7.98. The minimum atomic E-state index is -0.411. The molecular weight excluding hydrogens is 294 g/mol. The van der Waals surface area contributed by atoms with Gasteiger partial charge >= 0.3 is 0 Å². The van der Waals surface area contributed by atoms with Crippen LogP contribution in [-0.2, 0) is 12.2 Å². The molecule has 0 saturated carbocycles. The maximum Gasteiger partial charge on any atom is 0.261 e. The SMILES string of the molecule is CCCC(NC(=O)c1cc2c(s1)CCSC2)C(N)=NO. The Hall–Kier alpha value is -1.21. The molecule has 0 bridgehead atoms. The molecule has 1 aromatic rings. The lowest BCUT2D eigenvalue weighted by Gasteiger charge is -2.15. The molecule has 2 rings (SSSR count). The molecule has 20 heavy (non-hydrogen) atoms. The summed E-state index contributed by atoms with van der Waals surface area (Å²) >= 11 is 3.45. The fourth-order valence-electron chi connectivity index (χ4n) is 2.14. The van der Waals surface area contributed by atoms with Gasteiger partial charge in [0.15, 0.2) is 5.84 Å². The van der Waals surface area contributed by atoms with Crippen LogP contribution in [-0.4, -0.2) is 28.7 Å². The van der Waals surface area contributed by atoms with Crippen LogP contribution in [0.3, 0.4) is 0 Å². The molecule has 0 saturated heterocycles. The van der Waals surface area contributed by atoms with E-state index in [2.05, 4.69) is 10.5 Å². The van der Waals surface area contributed by atoms with Crippen LogP contribution in [0.2, 0.25) is 0 Å². The number of hydrogen-bond donors (Lipinski definition) is 3. The zero-order valence-corrected chi connectivity index (χ0v) is 13.0. The smallest absolute Gasteiger partial charge is 0.261 e. The summed E-state index contributed by atoms with van der Waals surface area (Å²) < 4.78 is 0. The average molecular weight is 313 g/mol. The van der Waals surface area contributed by atoms with Gasteiger partial charge in [-0.2, -0.15) is 11.8 Å². The van der Waals surface area contributed by atoms with Crippen molar-refractivity contribution in [2.75, 3.05) is 5.75 Å². The van der Waals surface area contributed by atoms with Crippen molar-refractivity contribution < 1.29 is 10.0 Å². The van der Waals surface area contributed by atoms with Gasteiger partial charge in [0.25, 0.3) is 5.91 Å². The van der Waals surface area contributed by atoms with E-state index in [9.17, 15) is 4.79 Å². The van der Waals surface area contributed by atoms with Crippen molar-refractivity contribution in [2.45, 2.75) is 38.0 Å². The number of fused-ring (bicyclic) bond motifs is 1. The molecule has 1 atom stereocenters. The van der Waals surface area contributed by atoms with Gasteiger partial charge < -0.3 is 16.3 Å². The monoisotopic (exact) mass is 313 g/mol. The molecule has 1 aliphatic rings. The molecule has 1 aliphatic heterocycles. The van der Waals surface area contributed by atoms with E-state index in [1.54, 1.807) is 11.3 Å². The molecule has 1 unspecified atom stereocenters. The lowest BCUT2D eigenvalue weighted by molar-refractivity contribution is 0.0949. The van der Waals surface area contributed by atoms with Crippen molar-refractivity contribution in [3.05, 3.63) is 21.4 Å². The Morgan fingerprint density at radius 1 is 1.65 bits per heavy atom. The summed E-state index contributed by atoms with van der Waals surface area (Å²) in [5.74, 6) is 2.02. The number of nitrogens with zero attached hydrogens (tertiary/aromatic N) is 1. The van der Waals surface area contributed by atoms with Gasteiger partial charge in [-0.15, -0.1) is 11.3 Å². The molecule has 4 N–H and O–H groups in total. The molecule has 110 valence electrons. The van der Waals surface area contributed by atoms with Crippen LogP contribution in [0.5, 0.6) is 0 Å². The number of carbonyl (C=O) groups excluding carboxylic acids is 1. The summed E-state index contributed by atoms with van der Waals surface area (Å²) in [7, 11) is 0. The largest absolute Gasteiger partial charge is 0.409 e. The molecule has 0 radical (unpaired) electrons. The van der Waals surface area contributed by atoms with Gasteiger partial charge in [-0.1, -0.05) is 18.5 Å². The van der Waals surface area contributed by atoms with E-state index < -0.39 is 6.04 Å². The average Bonchev–Trinajstić information content (AvgIpc) is 2.90.